The Morgan fingerprint density at radius 3 is 2.38 bits per heavy atom. The lowest BCUT2D eigenvalue weighted by Gasteiger charge is -2.33. The van der Waals surface area contributed by atoms with Crippen molar-refractivity contribution in [1.82, 2.24) is 10.6 Å². The van der Waals surface area contributed by atoms with Gasteiger partial charge in [-0.05, 0) is 41.7 Å². The van der Waals surface area contributed by atoms with Gasteiger partial charge in [-0.3, -0.25) is 9.59 Å². The fraction of sp³-hybridized carbons (Fsp3) is 0.300. The molecule has 0 saturated carbocycles. The summed E-state index contributed by atoms with van der Waals surface area (Å²) in [4.78, 5) is 23.8. The third-order valence-corrected chi connectivity index (χ3v) is 4.65. The number of carbonyl (C=O) groups excluding carboxylic acids is 2. The number of aryl methyl sites for hydroxylation is 1. The Morgan fingerprint density at radius 1 is 1.00 bits per heavy atom. The molecule has 0 bridgehead atoms. The van der Waals surface area contributed by atoms with E-state index in [0.717, 1.165) is 12.0 Å². The molecule has 1 aliphatic rings. The van der Waals surface area contributed by atoms with Gasteiger partial charge in [0.1, 0.15) is 5.82 Å². The molecule has 1 aliphatic carbocycles. The first-order chi connectivity index (χ1) is 12.5. The minimum Gasteiger partial charge on any atom is -0.388 e. The first-order valence-electron chi connectivity index (χ1n) is 8.55. The lowest BCUT2D eigenvalue weighted by Crippen LogP contribution is -2.50. The van der Waals surface area contributed by atoms with Crippen LogP contribution in [0.25, 0.3) is 0 Å². The molecule has 3 rings (SSSR count). The van der Waals surface area contributed by atoms with Crippen molar-refractivity contribution in [2.45, 2.75) is 31.4 Å². The third kappa shape index (κ3) is 4.46. The normalized spacial score (nSPS) is 18.7. The molecule has 6 heteroatoms. The van der Waals surface area contributed by atoms with E-state index >= 15 is 0 Å². The maximum Gasteiger partial charge on any atom is 0.309 e. The summed E-state index contributed by atoms with van der Waals surface area (Å²) < 4.78 is 12.8. The summed E-state index contributed by atoms with van der Waals surface area (Å²) in [6.45, 7) is 0.147. The van der Waals surface area contributed by atoms with Crippen molar-refractivity contribution in [3.63, 3.8) is 0 Å². The number of hydrogen-bond donors (Lipinski definition) is 3. The highest BCUT2D eigenvalue weighted by atomic mass is 19.1. The van der Waals surface area contributed by atoms with Crippen molar-refractivity contribution in [2.24, 2.45) is 0 Å². The monoisotopic (exact) mass is 356 g/mol. The molecule has 1 atom stereocenters. The molecule has 3 N–H and O–H groups in total. The van der Waals surface area contributed by atoms with Crippen LogP contribution in [-0.4, -0.2) is 29.1 Å². The Bertz CT molecular complexity index is 807. The second kappa shape index (κ2) is 7.66. The number of hydrogen-bond acceptors (Lipinski definition) is 3. The fourth-order valence-electron chi connectivity index (χ4n) is 3.12. The predicted octanol–water partition coefficient (Wildman–Crippen LogP) is 1.48. The standard InChI is InChI=1S/C20H21FN2O3/c21-17-7-5-14(6-8-17)12-22-18(24)19(25)23-13-20(26)10-9-15-3-1-2-4-16(15)11-20/h1-8,26H,9-13H2,(H,22,24)(H,23,25). The van der Waals surface area contributed by atoms with E-state index in [4.69, 9.17) is 0 Å². The SMILES string of the molecule is O=C(NCc1ccc(F)cc1)C(=O)NCC1(O)CCc2ccccc2C1. The summed E-state index contributed by atoms with van der Waals surface area (Å²) in [5.74, 6) is -1.94. The van der Waals surface area contributed by atoms with E-state index in [0.29, 0.717) is 18.4 Å². The van der Waals surface area contributed by atoms with E-state index in [9.17, 15) is 19.1 Å². The summed E-state index contributed by atoms with van der Waals surface area (Å²) in [6.07, 6.45) is 1.71. The van der Waals surface area contributed by atoms with Crippen molar-refractivity contribution in [1.29, 1.82) is 0 Å². The van der Waals surface area contributed by atoms with Crippen molar-refractivity contribution in [3.8, 4) is 0 Å². The number of aliphatic hydroxyl groups is 1. The fourth-order valence-corrected chi connectivity index (χ4v) is 3.12. The average Bonchev–Trinajstić information content (AvgIpc) is 2.65. The Labute approximate surface area is 151 Å². The molecule has 0 saturated heterocycles. The van der Waals surface area contributed by atoms with Crippen molar-refractivity contribution in [2.75, 3.05) is 6.54 Å². The topological polar surface area (TPSA) is 78.4 Å². The Kier molecular flexibility index (Phi) is 5.32. The number of fused-ring (bicyclic) bond motifs is 1. The van der Waals surface area contributed by atoms with Gasteiger partial charge in [-0.1, -0.05) is 36.4 Å². The highest BCUT2D eigenvalue weighted by Gasteiger charge is 2.32. The second-order valence-corrected chi connectivity index (χ2v) is 6.66. The molecule has 136 valence electrons. The average molecular weight is 356 g/mol. The van der Waals surface area contributed by atoms with E-state index in [1.54, 1.807) is 0 Å². The zero-order valence-electron chi connectivity index (χ0n) is 14.3. The van der Waals surface area contributed by atoms with Gasteiger partial charge in [0.05, 0.1) is 5.60 Å². The molecule has 0 fully saturated rings. The number of carbonyl (C=O) groups is 2. The number of amides is 2. The summed E-state index contributed by atoms with van der Waals surface area (Å²) in [6, 6.07) is 13.6. The molecule has 2 aromatic rings. The number of rotatable bonds is 4. The largest absolute Gasteiger partial charge is 0.388 e. The van der Waals surface area contributed by atoms with Gasteiger partial charge in [-0.25, -0.2) is 4.39 Å². The molecule has 0 radical (unpaired) electrons. The van der Waals surface area contributed by atoms with E-state index in [1.165, 1.54) is 29.8 Å². The Hall–Kier alpha value is -2.73. The van der Waals surface area contributed by atoms with Gasteiger partial charge in [0.15, 0.2) is 0 Å². The van der Waals surface area contributed by atoms with E-state index in [2.05, 4.69) is 10.6 Å². The van der Waals surface area contributed by atoms with Crippen LogP contribution in [0.3, 0.4) is 0 Å². The third-order valence-electron chi connectivity index (χ3n) is 4.65. The van der Waals surface area contributed by atoms with Crippen LogP contribution in [0.2, 0.25) is 0 Å². The Morgan fingerprint density at radius 2 is 1.65 bits per heavy atom. The summed E-state index contributed by atoms with van der Waals surface area (Å²) in [5.41, 5.74) is 1.91. The first-order valence-corrected chi connectivity index (χ1v) is 8.55. The molecule has 0 aromatic heterocycles. The van der Waals surface area contributed by atoms with Gasteiger partial charge in [-0.15, -0.1) is 0 Å². The van der Waals surface area contributed by atoms with Crippen LogP contribution in [0.4, 0.5) is 4.39 Å². The van der Waals surface area contributed by atoms with Gasteiger partial charge >= 0.3 is 11.8 Å². The predicted molar refractivity (Wildman–Crippen MR) is 94.7 cm³/mol. The van der Waals surface area contributed by atoms with Crippen LogP contribution in [0.1, 0.15) is 23.1 Å². The van der Waals surface area contributed by atoms with Crippen LogP contribution in [0.5, 0.6) is 0 Å². The molecule has 0 heterocycles. The molecule has 0 aliphatic heterocycles. The molecule has 26 heavy (non-hydrogen) atoms. The summed E-state index contributed by atoms with van der Waals surface area (Å²) >= 11 is 0. The maximum absolute atomic E-state index is 12.8. The van der Waals surface area contributed by atoms with E-state index in [-0.39, 0.29) is 18.9 Å². The highest BCUT2D eigenvalue weighted by molar-refractivity contribution is 6.35. The van der Waals surface area contributed by atoms with Crippen LogP contribution in [0.15, 0.2) is 48.5 Å². The molecule has 0 spiro atoms. The minimum atomic E-state index is -1.05. The zero-order valence-corrected chi connectivity index (χ0v) is 14.3. The van der Waals surface area contributed by atoms with Gasteiger partial charge in [0.25, 0.3) is 0 Å². The number of halogens is 1. The minimum absolute atomic E-state index is 0.0180. The van der Waals surface area contributed by atoms with Gasteiger partial charge < -0.3 is 15.7 Å². The first kappa shape index (κ1) is 18.1. The Balaban J connectivity index is 1.49. The van der Waals surface area contributed by atoms with Crippen molar-refractivity contribution < 1.29 is 19.1 Å². The van der Waals surface area contributed by atoms with Crippen molar-refractivity contribution >= 4 is 11.8 Å². The van der Waals surface area contributed by atoms with Crippen LogP contribution >= 0.6 is 0 Å². The van der Waals surface area contributed by atoms with Crippen molar-refractivity contribution in [3.05, 3.63) is 71.0 Å². The van der Waals surface area contributed by atoms with Gasteiger partial charge in [0, 0.05) is 19.5 Å². The molecule has 2 aromatic carbocycles. The maximum atomic E-state index is 12.8. The van der Waals surface area contributed by atoms with Crippen LogP contribution < -0.4 is 10.6 Å². The lowest BCUT2D eigenvalue weighted by atomic mass is 9.80. The molecule has 5 nitrogen and oxygen atoms in total. The van der Waals surface area contributed by atoms with Gasteiger partial charge in [0.2, 0.25) is 0 Å². The van der Waals surface area contributed by atoms with Crippen LogP contribution in [0, 0.1) is 5.82 Å². The molecule has 1 unspecified atom stereocenters. The van der Waals surface area contributed by atoms with E-state index < -0.39 is 17.4 Å². The quantitative estimate of drug-likeness (QED) is 0.726. The number of benzene rings is 2. The summed E-state index contributed by atoms with van der Waals surface area (Å²) in [7, 11) is 0. The number of nitrogens with one attached hydrogen (secondary N) is 2. The second-order valence-electron chi connectivity index (χ2n) is 6.66. The highest BCUT2D eigenvalue weighted by Crippen LogP contribution is 2.28. The lowest BCUT2D eigenvalue weighted by molar-refractivity contribution is -0.140. The zero-order chi connectivity index (χ0) is 18.6. The van der Waals surface area contributed by atoms with E-state index in [1.807, 2.05) is 24.3 Å². The molecular formula is C20H21FN2O3. The molecule has 2 amide bonds. The smallest absolute Gasteiger partial charge is 0.309 e. The van der Waals surface area contributed by atoms with Crippen LogP contribution in [-0.2, 0) is 29.0 Å². The molecular weight excluding hydrogens is 335 g/mol. The summed E-state index contributed by atoms with van der Waals surface area (Å²) in [5, 5.41) is 15.7. The van der Waals surface area contributed by atoms with Gasteiger partial charge in [-0.2, -0.15) is 0 Å².